The second-order valence-electron chi connectivity index (χ2n) is 9.79. The Balaban J connectivity index is 1.48. The van der Waals surface area contributed by atoms with Crippen LogP contribution in [0.25, 0.3) is 0 Å². The number of methoxy groups -OCH3 is 1. The van der Waals surface area contributed by atoms with E-state index in [4.69, 9.17) is 9.47 Å². The number of nitrogens with one attached hydrogen (secondary N) is 1. The van der Waals surface area contributed by atoms with Crippen molar-refractivity contribution in [2.45, 2.75) is 26.0 Å². The Hall–Kier alpha value is -4.24. The summed E-state index contributed by atoms with van der Waals surface area (Å²) in [5.41, 5.74) is 2.01. The van der Waals surface area contributed by atoms with Gasteiger partial charge in [0.2, 0.25) is 5.91 Å². The van der Waals surface area contributed by atoms with Crippen LogP contribution in [0.4, 0.5) is 14.5 Å². The molecular weight excluding hydrogens is 516 g/mol. The van der Waals surface area contributed by atoms with Crippen LogP contribution < -0.4 is 14.8 Å². The number of nitrogens with zero attached hydrogens (tertiary/aromatic N) is 2. The maximum absolute atomic E-state index is 14.5. The Bertz CT molecular complexity index is 1380. The number of carbonyl (C=O) groups is 2. The molecule has 9 heteroatoms. The standard InChI is InChI=1S/C31H33F2N3O4/c1-5-30(37)36-15-14-35(18-21(36)3)19-29(23-7-6-20(2)27(33)16-23)40-25-11-8-22(9-12-25)31(38)34-24-10-13-26(32)28(17-24)39-4/h5-13,16-17,21,29H,1,14-15,18-19H2,2-4H3,(H,34,38)/t21-,29+/m1/s1. The summed E-state index contributed by atoms with van der Waals surface area (Å²) in [6, 6.07) is 15.7. The van der Waals surface area contributed by atoms with Crippen LogP contribution in [0.15, 0.2) is 73.3 Å². The first-order valence-electron chi connectivity index (χ1n) is 13.0. The second kappa shape index (κ2) is 12.7. The molecule has 0 bridgehead atoms. The molecule has 1 aliphatic rings. The maximum atomic E-state index is 14.5. The Morgan fingerprint density at radius 2 is 1.82 bits per heavy atom. The fourth-order valence-electron chi connectivity index (χ4n) is 4.69. The minimum atomic E-state index is -0.522. The number of piperazine rings is 1. The van der Waals surface area contributed by atoms with Crippen LogP contribution in [0.1, 0.15) is 34.5 Å². The molecule has 1 saturated heterocycles. The minimum Gasteiger partial charge on any atom is -0.494 e. The van der Waals surface area contributed by atoms with Gasteiger partial charge >= 0.3 is 0 Å². The first-order valence-corrected chi connectivity index (χ1v) is 13.0. The van der Waals surface area contributed by atoms with Crippen molar-refractivity contribution in [1.82, 2.24) is 9.80 Å². The van der Waals surface area contributed by atoms with Crippen LogP contribution in [0.2, 0.25) is 0 Å². The molecule has 1 aliphatic heterocycles. The summed E-state index contributed by atoms with van der Waals surface area (Å²) >= 11 is 0. The van der Waals surface area contributed by atoms with Gasteiger partial charge in [0.1, 0.15) is 17.7 Å². The molecule has 1 fully saturated rings. The number of aryl methyl sites for hydroxylation is 1. The molecule has 2 atom stereocenters. The van der Waals surface area contributed by atoms with Crippen molar-refractivity contribution in [3.05, 3.63) is 102 Å². The molecule has 0 saturated carbocycles. The third kappa shape index (κ3) is 6.84. The number of carbonyl (C=O) groups excluding carboxylic acids is 2. The molecule has 0 aromatic heterocycles. The molecule has 2 amide bonds. The molecule has 1 N–H and O–H groups in total. The van der Waals surface area contributed by atoms with Crippen LogP contribution in [-0.4, -0.2) is 60.9 Å². The van der Waals surface area contributed by atoms with Crippen LogP contribution in [0.5, 0.6) is 11.5 Å². The SMILES string of the molecule is C=CC(=O)N1CCN(C[C@H](Oc2ccc(C(=O)Nc3ccc(F)c(OC)c3)cc2)c2ccc(C)c(F)c2)C[C@H]1C. The third-order valence-electron chi connectivity index (χ3n) is 6.96. The Morgan fingerprint density at radius 1 is 1.07 bits per heavy atom. The molecule has 210 valence electrons. The smallest absolute Gasteiger partial charge is 0.255 e. The van der Waals surface area contributed by atoms with E-state index >= 15 is 0 Å². The largest absolute Gasteiger partial charge is 0.494 e. The van der Waals surface area contributed by atoms with E-state index in [1.807, 2.05) is 13.0 Å². The predicted molar refractivity (Wildman–Crippen MR) is 150 cm³/mol. The normalized spacial score (nSPS) is 16.2. The van der Waals surface area contributed by atoms with Crippen molar-refractivity contribution >= 4 is 17.5 Å². The molecule has 3 aromatic rings. The third-order valence-corrected chi connectivity index (χ3v) is 6.96. The molecule has 3 aromatic carbocycles. The van der Waals surface area contributed by atoms with Crippen molar-refractivity contribution < 1.29 is 27.8 Å². The van der Waals surface area contributed by atoms with Gasteiger partial charge in [0.15, 0.2) is 11.6 Å². The Kier molecular flexibility index (Phi) is 9.16. The molecule has 0 spiro atoms. The summed E-state index contributed by atoms with van der Waals surface area (Å²) in [5.74, 6) is -0.763. The van der Waals surface area contributed by atoms with Gasteiger partial charge in [-0.2, -0.15) is 0 Å². The highest BCUT2D eigenvalue weighted by Gasteiger charge is 2.28. The number of rotatable bonds is 9. The first-order chi connectivity index (χ1) is 19.2. The maximum Gasteiger partial charge on any atom is 0.255 e. The van der Waals surface area contributed by atoms with E-state index in [0.29, 0.717) is 54.3 Å². The summed E-state index contributed by atoms with van der Waals surface area (Å²) in [6.45, 7) is 9.61. The Morgan fingerprint density at radius 3 is 2.48 bits per heavy atom. The van der Waals surface area contributed by atoms with E-state index in [2.05, 4.69) is 16.8 Å². The molecule has 1 heterocycles. The molecule has 40 heavy (non-hydrogen) atoms. The van der Waals surface area contributed by atoms with Crippen molar-refractivity contribution in [1.29, 1.82) is 0 Å². The lowest BCUT2D eigenvalue weighted by Gasteiger charge is -2.40. The average Bonchev–Trinajstić information content (AvgIpc) is 2.95. The molecular formula is C31H33F2N3O4. The summed E-state index contributed by atoms with van der Waals surface area (Å²) in [4.78, 5) is 28.9. The fraction of sp³-hybridized carbons (Fsp3) is 0.290. The number of ether oxygens (including phenoxy) is 2. The second-order valence-corrected chi connectivity index (χ2v) is 9.79. The molecule has 0 radical (unpaired) electrons. The van der Waals surface area contributed by atoms with E-state index in [9.17, 15) is 18.4 Å². The number of anilines is 1. The Labute approximate surface area is 233 Å². The van der Waals surface area contributed by atoms with Gasteiger partial charge in [0, 0.05) is 49.5 Å². The summed E-state index contributed by atoms with van der Waals surface area (Å²) < 4.78 is 39.5. The zero-order valence-corrected chi connectivity index (χ0v) is 22.8. The number of hydrogen-bond donors (Lipinski definition) is 1. The summed E-state index contributed by atoms with van der Waals surface area (Å²) in [5, 5.41) is 2.72. The number of hydrogen-bond acceptors (Lipinski definition) is 5. The van der Waals surface area contributed by atoms with Gasteiger partial charge in [-0.1, -0.05) is 18.7 Å². The minimum absolute atomic E-state index is 0.00600. The number of amides is 2. The van der Waals surface area contributed by atoms with Crippen LogP contribution in [0.3, 0.4) is 0 Å². The van der Waals surface area contributed by atoms with Crippen molar-refractivity contribution in [3.63, 3.8) is 0 Å². The molecule has 0 unspecified atom stereocenters. The zero-order chi connectivity index (χ0) is 28.8. The summed E-state index contributed by atoms with van der Waals surface area (Å²) in [6.07, 6.45) is 0.837. The van der Waals surface area contributed by atoms with Gasteiger partial charge in [-0.25, -0.2) is 8.78 Å². The van der Waals surface area contributed by atoms with Gasteiger partial charge in [0.25, 0.3) is 5.91 Å². The molecule has 4 rings (SSSR count). The van der Waals surface area contributed by atoms with Gasteiger partial charge < -0.3 is 19.7 Å². The van der Waals surface area contributed by atoms with Gasteiger partial charge in [-0.3, -0.25) is 14.5 Å². The van der Waals surface area contributed by atoms with Crippen LogP contribution in [0, 0.1) is 18.6 Å². The quantitative estimate of drug-likeness (QED) is 0.364. The molecule has 0 aliphatic carbocycles. The lowest BCUT2D eigenvalue weighted by atomic mass is 10.0. The average molecular weight is 550 g/mol. The zero-order valence-electron chi connectivity index (χ0n) is 22.8. The van der Waals surface area contributed by atoms with E-state index in [-0.39, 0.29) is 29.4 Å². The van der Waals surface area contributed by atoms with Crippen molar-refractivity contribution in [3.8, 4) is 11.5 Å². The lowest BCUT2D eigenvalue weighted by molar-refractivity contribution is -0.130. The van der Waals surface area contributed by atoms with E-state index in [1.54, 1.807) is 42.2 Å². The highest BCUT2D eigenvalue weighted by atomic mass is 19.1. The van der Waals surface area contributed by atoms with E-state index < -0.39 is 11.9 Å². The number of halogens is 2. The lowest BCUT2D eigenvalue weighted by Crippen LogP contribution is -2.54. The van der Waals surface area contributed by atoms with Crippen LogP contribution in [-0.2, 0) is 4.79 Å². The fourth-order valence-corrected chi connectivity index (χ4v) is 4.69. The van der Waals surface area contributed by atoms with E-state index in [1.165, 1.54) is 37.5 Å². The topological polar surface area (TPSA) is 71.1 Å². The highest BCUT2D eigenvalue weighted by molar-refractivity contribution is 6.04. The van der Waals surface area contributed by atoms with Gasteiger partial charge in [0.05, 0.1) is 7.11 Å². The van der Waals surface area contributed by atoms with Crippen molar-refractivity contribution in [2.75, 3.05) is 38.6 Å². The first kappa shape index (κ1) is 28.8. The predicted octanol–water partition coefficient (Wildman–Crippen LogP) is 5.37. The van der Waals surface area contributed by atoms with E-state index in [0.717, 1.165) is 0 Å². The number of benzene rings is 3. The summed E-state index contributed by atoms with van der Waals surface area (Å²) in [7, 11) is 1.35. The highest BCUT2D eigenvalue weighted by Crippen LogP contribution is 2.27. The van der Waals surface area contributed by atoms with Crippen molar-refractivity contribution in [2.24, 2.45) is 0 Å². The molecule has 7 nitrogen and oxygen atoms in total. The van der Waals surface area contributed by atoms with Gasteiger partial charge in [-0.05, 0) is 73.5 Å². The monoisotopic (exact) mass is 549 g/mol. The van der Waals surface area contributed by atoms with Crippen LogP contribution >= 0.6 is 0 Å². The van der Waals surface area contributed by atoms with Gasteiger partial charge in [-0.15, -0.1) is 0 Å².